The number of anilines is 2. The summed E-state index contributed by atoms with van der Waals surface area (Å²) >= 11 is 0. The van der Waals surface area contributed by atoms with Gasteiger partial charge in [-0.25, -0.2) is 0 Å². The molecule has 0 unspecified atom stereocenters. The van der Waals surface area contributed by atoms with Crippen LogP contribution in [-0.4, -0.2) is 55.5 Å². The van der Waals surface area contributed by atoms with Crippen molar-refractivity contribution in [3.63, 3.8) is 0 Å². The van der Waals surface area contributed by atoms with Gasteiger partial charge in [0.1, 0.15) is 6.54 Å². The molecule has 1 fully saturated rings. The molecule has 1 aliphatic rings. The van der Waals surface area contributed by atoms with Crippen molar-refractivity contribution in [1.29, 1.82) is 0 Å². The molecule has 106 valence electrons. The summed E-state index contributed by atoms with van der Waals surface area (Å²) in [4.78, 5) is 2.43. The van der Waals surface area contributed by atoms with Crippen LogP contribution in [0.2, 0.25) is 0 Å². The van der Waals surface area contributed by atoms with E-state index in [0.29, 0.717) is 0 Å². The van der Waals surface area contributed by atoms with E-state index in [9.17, 15) is 5.11 Å². The smallest absolute Gasteiger partial charge is 0.102 e. The van der Waals surface area contributed by atoms with Gasteiger partial charge in [0, 0.05) is 11.4 Å². The molecule has 1 aromatic carbocycles. The molecule has 0 amide bonds. The van der Waals surface area contributed by atoms with Gasteiger partial charge in [0.25, 0.3) is 0 Å². The first-order chi connectivity index (χ1) is 9.10. The van der Waals surface area contributed by atoms with E-state index in [1.54, 1.807) is 0 Å². The van der Waals surface area contributed by atoms with Crippen LogP contribution in [0.15, 0.2) is 18.2 Å². The Balaban J connectivity index is 2.04. The van der Waals surface area contributed by atoms with Gasteiger partial charge in [-0.2, -0.15) is 0 Å². The zero-order valence-electron chi connectivity index (χ0n) is 12.1. The maximum atomic E-state index is 9.22. The molecule has 0 aliphatic carbocycles. The van der Waals surface area contributed by atoms with Crippen LogP contribution in [0.4, 0.5) is 11.4 Å². The van der Waals surface area contributed by atoms with Crippen LogP contribution in [-0.2, 0) is 0 Å². The number of nitrogens with zero attached hydrogens (tertiary/aromatic N) is 2. The van der Waals surface area contributed by atoms with Crippen molar-refractivity contribution in [2.45, 2.75) is 13.8 Å². The topological polar surface area (TPSA) is 49.5 Å². The first-order valence-electron chi connectivity index (χ1n) is 7.17. The van der Waals surface area contributed by atoms with Gasteiger partial charge in [0.15, 0.2) is 0 Å². The molecular weight excluding hydrogens is 238 g/mol. The maximum Gasteiger partial charge on any atom is 0.102 e. The Kier molecular flexibility index (Phi) is 4.32. The van der Waals surface area contributed by atoms with E-state index in [4.69, 9.17) is 5.73 Å². The Bertz CT molecular complexity index is 425. The van der Waals surface area contributed by atoms with Crippen molar-refractivity contribution in [3.8, 4) is 0 Å². The first-order valence-corrected chi connectivity index (χ1v) is 7.17. The molecule has 0 aromatic heterocycles. The Labute approximate surface area is 116 Å². The van der Waals surface area contributed by atoms with Crippen LogP contribution in [0, 0.1) is 6.92 Å². The minimum Gasteiger partial charge on any atom is -0.399 e. The second-order valence-electron chi connectivity index (χ2n) is 5.58. The number of nitrogens with two attached hydrogens (primary N) is 1. The highest BCUT2D eigenvalue weighted by atomic mass is 16.3. The number of rotatable bonds is 4. The van der Waals surface area contributed by atoms with Crippen molar-refractivity contribution in [2.24, 2.45) is 0 Å². The fourth-order valence-electron chi connectivity index (χ4n) is 2.91. The maximum absolute atomic E-state index is 9.22. The standard InChI is InChI=1S/C15H26N3O/c1-3-18(10-11-19)8-6-17(7-9-18)14-4-5-15(16)13(2)12-14/h4-5,12,19H,3,6-11,16H2,1-2H3/q+1. The van der Waals surface area contributed by atoms with Crippen LogP contribution in [0.25, 0.3) is 0 Å². The van der Waals surface area contributed by atoms with E-state index in [1.165, 1.54) is 5.69 Å². The molecule has 1 heterocycles. The van der Waals surface area contributed by atoms with E-state index in [2.05, 4.69) is 30.9 Å². The summed E-state index contributed by atoms with van der Waals surface area (Å²) in [6.45, 7) is 10.9. The number of quaternary nitrogens is 1. The molecule has 19 heavy (non-hydrogen) atoms. The lowest BCUT2D eigenvalue weighted by Gasteiger charge is -2.44. The van der Waals surface area contributed by atoms with E-state index in [-0.39, 0.29) is 6.61 Å². The number of likely N-dealkylation sites (N-methyl/N-ethyl adjacent to an activating group) is 1. The fraction of sp³-hybridized carbons (Fsp3) is 0.600. The lowest BCUT2D eigenvalue weighted by molar-refractivity contribution is -0.927. The summed E-state index contributed by atoms with van der Waals surface area (Å²) in [5.41, 5.74) is 9.15. The van der Waals surface area contributed by atoms with Gasteiger partial charge in [0.05, 0.1) is 39.3 Å². The molecule has 0 radical (unpaired) electrons. The van der Waals surface area contributed by atoms with Crippen molar-refractivity contribution in [2.75, 3.05) is 56.5 Å². The van der Waals surface area contributed by atoms with E-state index < -0.39 is 0 Å². The molecule has 2 rings (SSSR count). The lowest BCUT2D eigenvalue weighted by Crippen LogP contribution is -2.60. The predicted octanol–water partition coefficient (Wildman–Crippen LogP) is 1.23. The largest absolute Gasteiger partial charge is 0.399 e. The summed E-state index contributed by atoms with van der Waals surface area (Å²) in [6, 6.07) is 6.28. The van der Waals surface area contributed by atoms with Crippen LogP contribution in [0.5, 0.6) is 0 Å². The molecule has 0 bridgehead atoms. The summed E-state index contributed by atoms with van der Waals surface area (Å²) in [7, 11) is 0. The normalized spacial score (nSPS) is 18.6. The lowest BCUT2D eigenvalue weighted by atomic mass is 10.1. The summed E-state index contributed by atoms with van der Waals surface area (Å²) in [5, 5.41) is 9.22. The number of benzene rings is 1. The average molecular weight is 264 g/mol. The van der Waals surface area contributed by atoms with Crippen molar-refractivity contribution < 1.29 is 9.59 Å². The summed E-state index contributed by atoms with van der Waals surface area (Å²) in [6.07, 6.45) is 0. The minimum absolute atomic E-state index is 0.287. The quantitative estimate of drug-likeness (QED) is 0.635. The Morgan fingerprint density at radius 1 is 1.32 bits per heavy atom. The molecule has 4 heteroatoms. The average Bonchev–Trinajstić information content (AvgIpc) is 2.43. The molecule has 1 saturated heterocycles. The fourth-order valence-corrected chi connectivity index (χ4v) is 2.91. The van der Waals surface area contributed by atoms with Crippen LogP contribution >= 0.6 is 0 Å². The second kappa shape index (κ2) is 5.80. The Hall–Kier alpha value is -1.26. The van der Waals surface area contributed by atoms with Gasteiger partial charge in [0.2, 0.25) is 0 Å². The monoisotopic (exact) mass is 264 g/mol. The summed E-state index contributed by atoms with van der Waals surface area (Å²) < 4.78 is 1.04. The zero-order valence-corrected chi connectivity index (χ0v) is 12.1. The Morgan fingerprint density at radius 2 is 2.00 bits per heavy atom. The van der Waals surface area contributed by atoms with Crippen molar-refractivity contribution in [3.05, 3.63) is 23.8 Å². The molecular formula is C15H26N3O+. The first kappa shape index (κ1) is 14.2. The molecule has 1 aromatic rings. The van der Waals surface area contributed by atoms with Gasteiger partial charge in [-0.3, -0.25) is 0 Å². The van der Waals surface area contributed by atoms with Crippen molar-refractivity contribution >= 4 is 11.4 Å². The van der Waals surface area contributed by atoms with Crippen molar-refractivity contribution in [1.82, 2.24) is 0 Å². The molecule has 0 atom stereocenters. The third-order valence-corrected chi connectivity index (χ3v) is 4.55. The van der Waals surface area contributed by atoms with E-state index >= 15 is 0 Å². The summed E-state index contributed by atoms with van der Waals surface area (Å²) in [5.74, 6) is 0. The SMILES string of the molecule is CC[N+]1(CCO)CCN(c2ccc(N)c(C)c2)CC1. The number of piperazine rings is 1. The predicted molar refractivity (Wildman–Crippen MR) is 80.3 cm³/mol. The molecule has 0 spiro atoms. The number of aryl methyl sites for hydroxylation is 1. The third-order valence-electron chi connectivity index (χ3n) is 4.55. The number of nitrogen functional groups attached to an aromatic ring is 1. The van der Waals surface area contributed by atoms with Gasteiger partial charge >= 0.3 is 0 Å². The number of aliphatic hydroxyl groups excluding tert-OH is 1. The molecule has 4 nitrogen and oxygen atoms in total. The van der Waals surface area contributed by atoms with E-state index in [0.717, 1.165) is 55.0 Å². The number of aliphatic hydroxyl groups is 1. The molecule has 1 aliphatic heterocycles. The zero-order chi connectivity index (χ0) is 13.9. The highest BCUT2D eigenvalue weighted by molar-refractivity contribution is 5.58. The highest BCUT2D eigenvalue weighted by Crippen LogP contribution is 2.23. The third kappa shape index (κ3) is 3.01. The van der Waals surface area contributed by atoms with Crippen LogP contribution < -0.4 is 10.6 Å². The van der Waals surface area contributed by atoms with Gasteiger partial charge in [-0.05, 0) is 37.6 Å². The van der Waals surface area contributed by atoms with Gasteiger partial charge < -0.3 is 20.2 Å². The van der Waals surface area contributed by atoms with Crippen LogP contribution in [0.1, 0.15) is 12.5 Å². The number of hydrogen-bond acceptors (Lipinski definition) is 3. The van der Waals surface area contributed by atoms with Gasteiger partial charge in [-0.1, -0.05) is 0 Å². The van der Waals surface area contributed by atoms with Crippen LogP contribution in [0.3, 0.4) is 0 Å². The Morgan fingerprint density at radius 3 is 2.53 bits per heavy atom. The number of hydrogen-bond donors (Lipinski definition) is 2. The van der Waals surface area contributed by atoms with E-state index in [1.807, 2.05) is 6.07 Å². The second-order valence-corrected chi connectivity index (χ2v) is 5.58. The molecule has 3 N–H and O–H groups in total. The molecule has 0 saturated carbocycles. The minimum atomic E-state index is 0.287. The van der Waals surface area contributed by atoms with Gasteiger partial charge in [-0.15, -0.1) is 0 Å². The highest BCUT2D eigenvalue weighted by Gasteiger charge is 2.30.